The van der Waals surface area contributed by atoms with Crippen molar-refractivity contribution >= 4 is 5.97 Å². The van der Waals surface area contributed by atoms with E-state index in [1.54, 1.807) is 6.92 Å². The fraction of sp³-hybridized carbons (Fsp3) is 0.200. The minimum absolute atomic E-state index is 0.0597. The first kappa shape index (κ1) is 23.8. The molecule has 6 rings (SSSR count). The van der Waals surface area contributed by atoms with Crippen molar-refractivity contribution in [1.29, 1.82) is 0 Å². The maximum Gasteiger partial charge on any atom is 0.304 e. The number of rotatable bonds is 8. The van der Waals surface area contributed by atoms with Gasteiger partial charge in [-0.3, -0.25) is 4.79 Å². The van der Waals surface area contributed by atoms with Gasteiger partial charge in [0.1, 0.15) is 0 Å². The first-order valence-corrected chi connectivity index (χ1v) is 12.4. The second-order valence-electron chi connectivity index (χ2n) is 9.73. The number of nitrogens with zero attached hydrogens (tertiary/aromatic N) is 3. The normalized spacial score (nSPS) is 14.8. The molecule has 1 saturated carbocycles. The van der Waals surface area contributed by atoms with E-state index in [-0.39, 0.29) is 17.7 Å². The Bertz CT molecular complexity index is 1580. The smallest absolute Gasteiger partial charge is 0.304 e. The number of carbonyl (C=O) groups is 1. The number of aliphatic hydroxyl groups is 1. The largest absolute Gasteiger partial charge is 0.481 e. The summed E-state index contributed by atoms with van der Waals surface area (Å²) in [4.78, 5) is 11.2. The highest BCUT2D eigenvalue weighted by Gasteiger charge is 2.45. The van der Waals surface area contributed by atoms with Crippen LogP contribution < -0.4 is 0 Å². The summed E-state index contributed by atoms with van der Waals surface area (Å²) < 4.78 is 11.4. The Hall–Kier alpha value is -4.56. The summed E-state index contributed by atoms with van der Waals surface area (Å²) in [5, 5.41) is 32.6. The Morgan fingerprint density at radius 2 is 1.53 bits per heavy atom. The lowest BCUT2D eigenvalue weighted by molar-refractivity contribution is -0.137. The predicted octanol–water partition coefficient (Wildman–Crippen LogP) is 5.96. The van der Waals surface area contributed by atoms with Gasteiger partial charge in [-0.15, -0.1) is 10.2 Å². The van der Waals surface area contributed by atoms with E-state index in [0.29, 0.717) is 22.9 Å². The summed E-state index contributed by atoms with van der Waals surface area (Å²) in [6, 6.07) is 25.2. The van der Waals surface area contributed by atoms with E-state index in [2.05, 4.69) is 15.4 Å². The van der Waals surface area contributed by atoms with Gasteiger partial charge in [0.25, 0.3) is 0 Å². The van der Waals surface area contributed by atoms with Crippen LogP contribution in [0.25, 0.3) is 33.9 Å². The van der Waals surface area contributed by atoms with E-state index in [4.69, 9.17) is 8.94 Å². The Kier molecular flexibility index (Phi) is 5.88. The molecule has 3 aromatic carbocycles. The van der Waals surface area contributed by atoms with Gasteiger partial charge in [-0.1, -0.05) is 71.9 Å². The molecule has 2 heterocycles. The highest BCUT2D eigenvalue weighted by Crippen LogP contribution is 2.51. The van der Waals surface area contributed by atoms with Crippen LogP contribution in [0.5, 0.6) is 0 Å². The van der Waals surface area contributed by atoms with Crippen LogP contribution in [-0.4, -0.2) is 31.5 Å². The average Bonchev–Trinajstić information content (AvgIpc) is 3.36. The molecule has 0 spiro atoms. The molecule has 2 aromatic heterocycles. The topological polar surface area (TPSA) is 122 Å². The number of aromatic nitrogens is 3. The minimum Gasteiger partial charge on any atom is -0.481 e. The summed E-state index contributed by atoms with van der Waals surface area (Å²) in [5.74, 6) is 0.0522. The number of carboxylic acids is 1. The SMILES string of the molecule is Cc1noc(-c2ccc(-c3ccc(C4(CC(=O)O)CC4)cc3)cc2)c1C(O)c1nnc(-c2ccccc2)o1. The number of carboxylic acid groups (broad SMARTS) is 1. The average molecular weight is 508 g/mol. The third-order valence-corrected chi connectivity index (χ3v) is 7.20. The molecule has 0 amide bonds. The molecule has 0 saturated heterocycles. The molecule has 8 heteroatoms. The van der Waals surface area contributed by atoms with Crippen LogP contribution in [0.15, 0.2) is 87.8 Å². The molecule has 1 atom stereocenters. The quantitative estimate of drug-likeness (QED) is 0.264. The van der Waals surface area contributed by atoms with Crippen LogP contribution >= 0.6 is 0 Å². The summed E-state index contributed by atoms with van der Waals surface area (Å²) >= 11 is 0. The van der Waals surface area contributed by atoms with Crippen LogP contribution in [0.1, 0.15) is 48.1 Å². The fourth-order valence-electron chi connectivity index (χ4n) is 4.91. The molecule has 0 bridgehead atoms. The second-order valence-corrected chi connectivity index (χ2v) is 9.73. The second kappa shape index (κ2) is 9.39. The standard InChI is InChI=1S/C30H25N3O5/c1-18-25(26(36)29-32-31-28(37-29)22-5-3-2-4-6-22)27(38-33-18)21-9-7-19(8-10-21)20-11-13-23(14-12-20)30(15-16-30)17-24(34)35/h2-14,26,36H,15-17H2,1H3,(H,34,35). The predicted molar refractivity (Wildman–Crippen MR) is 139 cm³/mol. The first-order valence-electron chi connectivity index (χ1n) is 12.4. The van der Waals surface area contributed by atoms with Gasteiger partial charge in [0.05, 0.1) is 17.7 Å². The Labute approximate surface area is 218 Å². The molecule has 2 N–H and O–H groups in total. The molecule has 0 radical (unpaired) electrons. The van der Waals surface area contributed by atoms with Crippen LogP contribution in [0.2, 0.25) is 0 Å². The van der Waals surface area contributed by atoms with Crippen molar-refractivity contribution in [2.45, 2.75) is 37.7 Å². The summed E-state index contributed by atoms with van der Waals surface area (Å²) in [7, 11) is 0. The lowest BCUT2D eigenvalue weighted by atomic mass is 9.91. The van der Waals surface area contributed by atoms with Gasteiger partial charge < -0.3 is 19.2 Å². The molecule has 1 unspecified atom stereocenters. The number of aryl methyl sites for hydroxylation is 1. The van der Waals surface area contributed by atoms with E-state index in [9.17, 15) is 15.0 Å². The molecule has 5 aromatic rings. The molecule has 1 fully saturated rings. The maximum absolute atomic E-state index is 11.2. The first-order chi connectivity index (χ1) is 18.4. The summed E-state index contributed by atoms with van der Waals surface area (Å²) in [5.41, 5.74) is 5.41. The molecule has 38 heavy (non-hydrogen) atoms. The van der Waals surface area contributed by atoms with Gasteiger partial charge in [0, 0.05) is 16.5 Å². The zero-order valence-corrected chi connectivity index (χ0v) is 20.7. The van der Waals surface area contributed by atoms with Crippen molar-refractivity contribution in [3.63, 3.8) is 0 Å². The monoisotopic (exact) mass is 507 g/mol. The maximum atomic E-state index is 11.2. The number of hydrogen-bond acceptors (Lipinski definition) is 7. The molecule has 0 aliphatic heterocycles. The van der Waals surface area contributed by atoms with Crippen LogP contribution in [0.3, 0.4) is 0 Å². The molecule has 1 aliphatic rings. The molecule has 190 valence electrons. The van der Waals surface area contributed by atoms with Crippen molar-refractivity contribution < 1.29 is 23.9 Å². The third-order valence-electron chi connectivity index (χ3n) is 7.20. The molecule has 1 aliphatic carbocycles. The van der Waals surface area contributed by atoms with Crippen molar-refractivity contribution in [2.75, 3.05) is 0 Å². The van der Waals surface area contributed by atoms with E-state index in [1.807, 2.05) is 78.9 Å². The van der Waals surface area contributed by atoms with Gasteiger partial charge in [-0.2, -0.15) is 0 Å². The third kappa shape index (κ3) is 4.39. The van der Waals surface area contributed by atoms with Gasteiger partial charge in [0.2, 0.25) is 11.8 Å². The van der Waals surface area contributed by atoms with Crippen molar-refractivity contribution in [1.82, 2.24) is 15.4 Å². The van der Waals surface area contributed by atoms with Crippen molar-refractivity contribution in [2.24, 2.45) is 0 Å². The number of aliphatic carboxylic acids is 1. The Morgan fingerprint density at radius 1 is 0.895 bits per heavy atom. The molecular formula is C30H25N3O5. The summed E-state index contributed by atoms with van der Waals surface area (Å²) in [6.45, 7) is 1.76. The van der Waals surface area contributed by atoms with Gasteiger partial charge in [-0.25, -0.2) is 0 Å². The summed E-state index contributed by atoms with van der Waals surface area (Å²) in [6.07, 6.45) is 0.794. The van der Waals surface area contributed by atoms with Crippen LogP contribution in [-0.2, 0) is 10.2 Å². The minimum atomic E-state index is -1.20. The van der Waals surface area contributed by atoms with E-state index >= 15 is 0 Å². The number of benzene rings is 3. The van der Waals surface area contributed by atoms with E-state index in [0.717, 1.165) is 40.7 Å². The number of hydrogen-bond donors (Lipinski definition) is 2. The van der Waals surface area contributed by atoms with E-state index < -0.39 is 12.1 Å². The van der Waals surface area contributed by atoms with Crippen LogP contribution in [0.4, 0.5) is 0 Å². The highest BCUT2D eigenvalue weighted by atomic mass is 16.5. The fourth-order valence-corrected chi connectivity index (χ4v) is 4.91. The lowest BCUT2D eigenvalue weighted by Gasteiger charge is -2.14. The van der Waals surface area contributed by atoms with Gasteiger partial charge in [0.15, 0.2) is 11.9 Å². The lowest BCUT2D eigenvalue weighted by Crippen LogP contribution is -2.12. The van der Waals surface area contributed by atoms with Crippen molar-refractivity contribution in [3.8, 4) is 33.9 Å². The van der Waals surface area contributed by atoms with Crippen LogP contribution in [0, 0.1) is 6.92 Å². The number of aliphatic hydroxyl groups excluding tert-OH is 1. The van der Waals surface area contributed by atoms with Gasteiger partial charge >= 0.3 is 5.97 Å². The van der Waals surface area contributed by atoms with Crippen molar-refractivity contribution in [3.05, 3.63) is 102 Å². The molecular weight excluding hydrogens is 482 g/mol. The molecule has 8 nitrogen and oxygen atoms in total. The highest BCUT2D eigenvalue weighted by molar-refractivity contribution is 5.72. The van der Waals surface area contributed by atoms with Gasteiger partial charge in [-0.05, 0) is 48.6 Å². The Morgan fingerprint density at radius 3 is 2.16 bits per heavy atom. The Balaban J connectivity index is 1.24. The zero-order chi connectivity index (χ0) is 26.3. The zero-order valence-electron chi connectivity index (χ0n) is 20.7. The van der Waals surface area contributed by atoms with E-state index in [1.165, 1.54) is 0 Å².